The summed E-state index contributed by atoms with van der Waals surface area (Å²) in [6.45, 7) is 9.84. The smallest absolute Gasteiger partial charge is 0.407 e. The number of likely N-dealkylation sites (N-methyl/N-ethyl adjacent to an activating group) is 1. The van der Waals surface area contributed by atoms with Gasteiger partial charge in [-0.3, -0.25) is 0 Å². The van der Waals surface area contributed by atoms with Gasteiger partial charge in [-0.2, -0.15) is 10.2 Å². The lowest BCUT2D eigenvalue weighted by molar-refractivity contribution is 0.0523. The Morgan fingerprint density at radius 3 is 2.44 bits per heavy atom. The molecule has 0 saturated carbocycles. The minimum absolute atomic E-state index is 0.146. The molecule has 6 nitrogen and oxygen atoms in total. The molecular formula is C12H24N4O2. The van der Waals surface area contributed by atoms with Crippen LogP contribution in [0.3, 0.4) is 0 Å². The molecule has 0 fully saturated rings. The van der Waals surface area contributed by atoms with E-state index in [1.165, 1.54) is 0 Å². The van der Waals surface area contributed by atoms with Crippen molar-refractivity contribution in [1.82, 2.24) is 10.2 Å². The van der Waals surface area contributed by atoms with E-state index in [2.05, 4.69) is 20.4 Å². The quantitative estimate of drug-likeness (QED) is 0.790. The monoisotopic (exact) mass is 256 g/mol. The van der Waals surface area contributed by atoms with E-state index in [0.29, 0.717) is 6.54 Å². The van der Waals surface area contributed by atoms with Crippen LogP contribution in [-0.4, -0.2) is 48.9 Å². The fraction of sp³-hybridized carbons (Fsp3) is 0.917. The fourth-order valence-corrected chi connectivity index (χ4v) is 1.36. The highest BCUT2D eigenvalue weighted by atomic mass is 16.6. The summed E-state index contributed by atoms with van der Waals surface area (Å²) in [5, 5.41) is 10.7. The van der Waals surface area contributed by atoms with E-state index in [0.717, 1.165) is 19.5 Å². The van der Waals surface area contributed by atoms with E-state index in [1.807, 2.05) is 34.7 Å². The predicted molar refractivity (Wildman–Crippen MR) is 69.6 cm³/mol. The molecule has 0 atom stereocenters. The zero-order valence-corrected chi connectivity index (χ0v) is 12.0. The van der Waals surface area contributed by atoms with Gasteiger partial charge in [0.25, 0.3) is 0 Å². The van der Waals surface area contributed by atoms with Crippen LogP contribution >= 0.6 is 0 Å². The molecule has 6 heteroatoms. The van der Waals surface area contributed by atoms with Gasteiger partial charge < -0.3 is 15.0 Å². The second-order valence-corrected chi connectivity index (χ2v) is 5.90. The normalized spacial score (nSPS) is 16.8. The second-order valence-electron chi connectivity index (χ2n) is 5.90. The van der Waals surface area contributed by atoms with E-state index in [9.17, 15) is 4.79 Å². The van der Waals surface area contributed by atoms with Gasteiger partial charge in [0.1, 0.15) is 5.60 Å². The first kappa shape index (κ1) is 14.9. The Morgan fingerprint density at radius 2 is 1.94 bits per heavy atom. The number of nitrogens with one attached hydrogen (secondary N) is 1. The maximum atomic E-state index is 11.4. The van der Waals surface area contributed by atoms with Crippen molar-refractivity contribution >= 4 is 6.09 Å². The predicted octanol–water partition coefficient (Wildman–Crippen LogP) is 2.01. The van der Waals surface area contributed by atoms with E-state index >= 15 is 0 Å². The number of ether oxygens (including phenoxy) is 1. The highest BCUT2D eigenvalue weighted by Crippen LogP contribution is 2.30. The van der Waals surface area contributed by atoms with Crippen LogP contribution in [0.2, 0.25) is 0 Å². The first-order valence-electron chi connectivity index (χ1n) is 6.30. The summed E-state index contributed by atoms with van der Waals surface area (Å²) in [4.78, 5) is 13.5. The summed E-state index contributed by atoms with van der Waals surface area (Å²) >= 11 is 0. The van der Waals surface area contributed by atoms with E-state index in [-0.39, 0.29) is 11.8 Å². The van der Waals surface area contributed by atoms with Crippen molar-refractivity contribution in [3.63, 3.8) is 0 Å². The van der Waals surface area contributed by atoms with Crippen LogP contribution < -0.4 is 5.32 Å². The summed E-state index contributed by atoms with van der Waals surface area (Å²) in [7, 11) is 2.02. The average Bonchev–Trinajstić information content (AvgIpc) is 2.92. The molecule has 1 rings (SSSR count). The van der Waals surface area contributed by atoms with E-state index < -0.39 is 5.60 Å². The van der Waals surface area contributed by atoms with Gasteiger partial charge in [-0.1, -0.05) is 0 Å². The molecule has 0 aromatic rings. The van der Waals surface area contributed by atoms with Crippen molar-refractivity contribution < 1.29 is 9.53 Å². The standard InChI is InChI=1S/C12H24N4O2/c1-11(2,3)18-10(17)13-7-9-16(5)8-6-12(4)14-15-12/h6-9H2,1-5H3,(H,13,17). The molecule has 0 aromatic heterocycles. The summed E-state index contributed by atoms with van der Waals surface area (Å²) in [6, 6.07) is 0. The Bertz CT molecular complexity index is 317. The summed E-state index contributed by atoms with van der Waals surface area (Å²) < 4.78 is 5.15. The molecule has 1 aliphatic heterocycles. The molecule has 0 spiro atoms. The first-order chi connectivity index (χ1) is 8.20. The number of carbonyl (C=O) groups is 1. The van der Waals surface area contributed by atoms with Crippen LogP contribution in [0.5, 0.6) is 0 Å². The Morgan fingerprint density at radius 1 is 1.33 bits per heavy atom. The van der Waals surface area contributed by atoms with Crippen molar-refractivity contribution in [3.05, 3.63) is 0 Å². The Hall–Kier alpha value is -1.17. The van der Waals surface area contributed by atoms with Crippen molar-refractivity contribution in [2.45, 2.75) is 45.4 Å². The molecule has 104 valence electrons. The third-order valence-corrected chi connectivity index (χ3v) is 2.57. The number of carbonyl (C=O) groups excluding carboxylic acids is 1. The van der Waals surface area contributed by atoms with Crippen molar-refractivity contribution in [2.75, 3.05) is 26.7 Å². The lowest BCUT2D eigenvalue weighted by atomic mass is 10.2. The molecule has 0 bridgehead atoms. The number of alkyl carbamates (subject to hydrolysis) is 1. The molecule has 0 aliphatic carbocycles. The Labute approximate surface area is 109 Å². The number of hydrogen-bond acceptors (Lipinski definition) is 5. The molecule has 1 amide bonds. The number of nitrogens with zero attached hydrogens (tertiary/aromatic N) is 3. The van der Waals surface area contributed by atoms with Gasteiger partial charge >= 0.3 is 6.09 Å². The lowest BCUT2D eigenvalue weighted by Gasteiger charge is -2.21. The molecular weight excluding hydrogens is 232 g/mol. The maximum Gasteiger partial charge on any atom is 0.407 e. The first-order valence-corrected chi connectivity index (χ1v) is 6.30. The minimum Gasteiger partial charge on any atom is -0.444 e. The highest BCUT2D eigenvalue weighted by Gasteiger charge is 2.33. The van der Waals surface area contributed by atoms with Crippen LogP contribution in [-0.2, 0) is 4.74 Å². The molecule has 1 heterocycles. The largest absolute Gasteiger partial charge is 0.444 e. The molecule has 1 N–H and O–H groups in total. The SMILES string of the molecule is CN(CCNC(=O)OC(C)(C)C)CCC1(C)N=N1. The van der Waals surface area contributed by atoms with Gasteiger partial charge in [0.2, 0.25) is 0 Å². The molecule has 18 heavy (non-hydrogen) atoms. The number of amides is 1. The van der Waals surface area contributed by atoms with Crippen molar-refractivity contribution in [1.29, 1.82) is 0 Å². The van der Waals surface area contributed by atoms with Gasteiger partial charge in [0.15, 0.2) is 5.66 Å². The maximum absolute atomic E-state index is 11.4. The molecule has 0 radical (unpaired) electrons. The van der Waals surface area contributed by atoms with Crippen molar-refractivity contribution in [2.24, 2.45) is 10.2 Å². The van der Waals surface area contributed by atoms with Crippen LogP contribution in [0.15, 0.2) is 10.2 Å². The topological polar surface area (TPSA) is 66.3 Å². The van der Waals surface area contributed by atoms with Crippen LogP contribution in [0.25, 0.3) is 0 Å². The highest BCUT2D eigenvalue weighted by molar-refractivity contribution is 5.67. The molecule has 0 saturated heterocycles. The fourth-order valence-electron chi connectivity index (χ4n) is 1.36. The van der Waals surface area contributed by atoms with Gasteiger partial charge in [0, 0.05) is 26.1 Å². The van der Waals surface area contributed by atoms with Crippen molar-refractivity contribution in [3.8, 4) is 0 Å². The van der Waals surface area contributed by atoms with Gasteiger partial charge in [0.05, 0.1) is 0 Å². The second kappa shape index (κ2) is 5.65. The zero-order chi connectivity index (χ0) is 13.8. The van der Waals surface area contributed by atoms with E-state index in [1.54, 1.807) is 0 Å². The summed E-state index contributed by atoms with van der Waals surface area (Å²) in [5.41, 5.74) is -0.591. The zero-order valence-electron chi connectivity index (χ0n) is 12.0. The lowest BCUT2D eigenvalue weighted by Crippen LogP contribution is -2.37. The van der Waals surface area contributed by atoms with Gasteiger partial charge in [-0.15, -0.1) is 0 Å². The number of hydrogen-bond donors (Lipinski definition) is 1. The van der Waals surface area contributed by atoms with Gasteiger partial charge in [-0.25, -0.2) is 4.79 Å². The molecule has 0 unspecified atom stereocenters. The van der Waals surface area contributed by atoms with Crippen LogP contribution in [0.1, 0.15) is 34.1 Å². The summed E-state index contributed by atoms with van der Waals surface area (Å²) in [6.07, 6.45) is 0.561. The number of rotatable bonds is 6. The molecule has 0 aromatic carbocycles. The Kier molecular flexibility index (Phi) is 4.67. The third kappa shape index (κ3) is 6.54. The third-order valence-electron chi connectivity index (χ3n) is 2.57. The molecule has 1 aliphatic rings. The Balaban J connectivity index is 2.04. The van der Waals surface area contributed by atoms with Crippen LogP contribution in [0, 0.1) is 0 Å². The minimum atomic E-state index is -0.445. The summed E-state index contributed by atoms with van der Waals surface area (Å²) in [5.74, 6) is 0. The van der Waals surface area contributed by atoms with Gasteiger partial charge in [-0.05, 0) is 34.7 Å². The van der Waals surface area contributed by atoms with Crippen LogP contribution in [0.4, 0.5) is 4.79 Å². The van der Waals surface area contributed by atoms with E-state index in [4.69, 9.17) is 4.74 Å². The average molecular weight is 256 g/mol.